The molecule has 55 heavy (non-hydrogen) atoms. The number of rotatable bonds is 8. The number of hydrogen-bond acceptors (Lipinski definition) is 9. The highest BCUT2D eigenvalue weighted by atomic mass is 32.2. The monoisotopic (exact) mass is 778 g/mol. The molecule has 4 aromatic carbocycles. The summed E-state index contributed by atoms with van der Waals surface area (Å²) in [6, 6.07) is 20.4. The van der Waals surface area contributed by atoms with Gasteiger partial charge in [0.1, 0.15) is 5.75 Å². The van der Waals surface area contributed by atoms with Crippen molar-refractivity contribution in [2.45, 2.75) is 84.6 Å². The predicted molar refractivity (Wildman–Crippen MR) is 203 cm³/mol. The summed E-state index contributed by atoms with van der Waals surface area (Å²) in [5.74, 6) is -0.350. The van der Waals surface area contributed by atoms with Gasteiger partial charge >= 0.3 is 22.7 Å². The lowest BCUT2D eigenvalue weighted by Gasteiger charge is -2.22. The molecule has 0 saturated carbocycles. The van der Waals surface area contributed by atoms with Gasteiger partial charge in [0.05, 0.1) is 0 Å². The lowest BCUT2D eigenvalue weighted by Crippen LogP contribution is -2.29. The Bertz CT molecular complexity index is 2180. The summed E-state index contributed by atoms with van der Waals surface area (Å²) in [6.07, 6.45) is 6.75. The lowest BCUT2D eigenvalue weighted by atomic mass is 9.80. The minimum atomic E-state index is -5.70. The highest BCUT2D eigenvalue weighted by Crippen LogP contribution is 2.36. The minimum Gasteiger partial charge on any atom is -0.423 e. The fraction of sp³-hybridized carbons (Fsp3) is 0.317. The van der Waals surface area contributed by atoms with E-state index in [1.165, 1.54) is 55.2 Å². The summed E-state index contributed by atoms with van der Waals surface area (Å²) in [5.41, 5.74) is 3.32. The Morgan fingerprint density at radius 3 is 1.44 bits per heavy atom. The van der Waals surface area contributed by atoms with Gasteiger partial charge in [-0.15, -0.1) is 0 Å². The molecule has 0 spiro atoms. The van der Waals surface area contributed by atoms with E-state index in [2.05, 4.69) is 10.2 Å². The van der Waals surface area contributed by atoms with Crippen molar-refractivity contribution in [2.75, 3.05) is 0 Å². The largest absolute Gasteiger partial charge is 0.534 e. The maximum absolute atomic E-state index is 12.4. The van der Waals surface area contributed by atoms with Crippen LogP contribution in [0.4, 0.5) is 13.2 Å². The molecule has 0 saturated heterocycles. The SMILES string of the molecule is CC(=O)c1ccc(-c2ccc(C(C)=O)c3c2CCCC3)cc1.CC(=O)c1ccc(B(O)O)cc1.CC(=O)c1ccc(OS(=O)(=O)C(F)(F)F)c2c1CCCC2. The molecule has 0 radical (unpaired) electrons. The third-order valence-corrected chi connectivity index (χ3v) is 10.5. The molecule has 9 nitrogen and oxygen atoms in total. The fourth-order valence-electron chi connectivity index (χ4n) is 6.65. The molecule has 4 aromatic rings. The Kier molecular flexibility index (Phi) is 14.1. The Morgan fingerprint density at radius 1 is 0.582 bits per heavy atom. The van der Waals surface area contributed by atoms with E-state index in [1.807, 2.05) is 30.3 Å². The third kappa shape index (κ3) is 10.6. The van der Waals surface area contributed by atoms with Crippen molar-refractivity contribution in [2.24, 2.45) is 0 Å². The van der Waals surface area contributed by atoms with E-state index in [0.717, 1.165) is 48.4 Å². The quantitative estimate of drug-likeness (QED) is 0.0819. The summed E-state index contributed by atoms with van der Waals surface area (Å²) in [7, 11) is -7.17. The number of fused-ring (bicyclic) bond motifs is 2. The Hall–Kier alpha value is -4.92. The van der Waals surface area contributed by atoms with E-state index in [-0.39, 0.29) is 28.9 Å². The van der Waals surface area contributed by atoms with E-state index in [9.17, 15) is 40.8 Å². The second-order valence-corrected chi connectivity index (χ2v) is 14.9. The molecular weight excluding hydrogens is 736 g/mol. The first-order valence-electron chi connectivity index (χ1n) is 17.7. The standard InChI is InChI=1S/C20H20O2.C13H13F3O4S.C8H9BO3/c1-13(21)15-7-9-16(10-8-15)18-12-11-17(14(2)22)19-5-3-4-6-20(18)19;1-8(17)9-6-7-12(11-5-3-2-4-10(9)11)20-21(18,19)13(14,15)16;1-6(10)7-2-4-8(5-3-7)9(11)12/h7-12H,3-6H2,1-2H3;6-7H,2-5H2,1H3;2-5,11-12H,1H3. The van der Waals surface area contributed by atoms with Gasteiger partial charge in [0, 0.05) is 22.3 Å². The molecule has 2 aliphatic carbocycles. The van der Waals surface area contributed by atoms with Crippen molar-refractivity contribution in [1.82, 2.24) is 0 Å². The Morgan fingerprint density at radius 2 is 1.00 bits per heavy atom. The van der Waals surface area contributed by atoms with Crippen LogP contribution in [0.3, 0.4) is 0 Å². The Labute approximate surface area is 318 Å². The molecule has 0 atom stereocenters. The first-order valence-corrected chi connectivity index (χ1v) is 19.1. The van der Waals surface area contributed by atoms with Crippen LogP contribution in [0, 0.1) is 0 Å². The number of alkyl halides is 3. The van der Waals surface area contributed by atoms with Gasteiger partial charge < -0.3 is 14.2 Å². The zero-order chi connectivity index (χ0) is 40.7. The normalized spacial score (nSPS) is 13.4. The van der Waals surface area contributed by atoms with Crippen LogP contribution in [0.1, 0.15) is 117 Å². The maximum atomic E-state index is 12.4. The molecule has 0 heterocycles. The van der Waals surface area contributed by atoms with E-state index < -0.39 is 22.7 Å². The number of halogens is 3. The number of carbonyl (C=O) groups excluding carboxylic acids is 4. The van der Waals surface area contributed by atoms with Gasteiger partial charge in [-0.1, -0.05) is 60.7 Å². The van der Waals surface area contributed by atoms with E-state index >= 15 is 0 Å². The van der Waals surface area contributed by atoms with Gasteiger partial charge in [-0.25, -0.2) is 0 Å². The minimum absolute atomic E-state index is 0.0334. The van der Waals surface area contributed by atoms with Crippen LogP contribution >= 0.6 is 0 Å². The summed E-state index contributed by atoms with van der Waals surface area (Å²) in [6.45, 7) is 6.05. The molecule has 290 valence electrons. The van der Waals surface area contributed by atoms with Crippen molar-refractivity contribution >= 4 is 45.8 Å². The molecule has 14 heteroatoms. The van der Waals surface area contributed by atoms with Gasteiger partial charge in [0.15, 0.2) is 23.1 Å². The van der Waals surface area contributed by atoms with E-state index in [4.69, 9.17) is 10.0 Å². The average molecular weight is 779 g/mol. The van der Waals surface area contributed by atoms with Crippen LogP contribution in [0.5, 0.6) is 5.75 Å². The molecule has 0 aromatic heterocycles. The van der Waals surface area contributed by atoms with Crippen LogP contribution in [-0.2, 0) is 35.8 Å². The molecular formula is C41H42BF3O9S. The van der Waals surface area contributed by atoms with Crippen LogP contribution < -0.4 is 9.65 Å². The number of Topliss-reactive ketones (excluding diaryl/α,β-unsaturated/α-hetero) is 4. The predicted octanol–water partition coefficient (Wildman–Crippen LogP) is 7.20. The van der Waals surface area contributed by atoms with Gasteiger partial charge in [0.25, 0.3) is 0 Å². The van der Waals surface area contributed by atoms with Crippen LogP contribution in [0.25, 0.3) is 11.1 Å². The van der Waals surface area contributed by atoms with Crippen molar-refractivity contribution in [3.63, 3.8) is 0 Å². The van der Waals surface area contributed by atoms with Crippen molar-refractivity contribution in [3.8, 4) is 16.9 Å². The van der Waals surface area contributed by atoms with Crippen molar-refractivity contribution in [3.05, 3.63) is 117 Å². The van der Waals surface area contributed by atoms with E-state index in [0.29, 0.717) is 47.0 Å². The number of carbonyl (C=O) groups is 4. The van der Waals surface area contributed by atoms with Crippen molar-refractivity contribution in [1.29, 1.82) is 0 Å². The summed E-state index contributed by atoms with van der Waals surface area (Å²) < 4.78 is 63.6. The molecule has 0 bridgehead atoms. The molecule has 2 aliphatic rings. The summed E-state index contributed by atoms with van der Waals surface area (Å²) >= 11 is 0. The number of benzene rings is 4. The van der Waals surface area contributed by atoms with Gasteiger partial charge in [-0.3, -0.25) is 19.2 Å². The maximum Gasteiger partial charge on any atom is 0.534 e. The smallest absolute Gasteiger partial charge is 0.423 e. The van der Waals surface area contributed by atoms with Crippen molar-refractivity contribution < 1.29 is 55.0 Å². The number of hydrogen-bond donors (Lipinski definition) is 2. The lowest BCUT2D eigenvalue weighted by molar-refractivity contribution is -0.0500. The first-order chi connectivity index (χ1) is 25.8. The van der Waals surface area contributed by atoms with Gasteiger partial charge in [0.2, 0.25) is 0 Å². The molecule has 0 fully saturated rings. The summed E-state index contributed by atoms with van der Waals surface area (Å²) in [4.78, 5) is 45.6. The highest BCUT2D eigenvalue weighted by molar-refractivity contribution is 7.88. The molecule has 6 rings (SSSR count). The van der Waals surface area contributed by atoms with Gasteiger partial charge in [-0.05, 0) is 130 Å². The number of ketones is 4. The zero-order valence-corrected chi connectivity index (χ0v) is 31.8. The van der Waals surface area contributed by atoms with Crippen LogP contribution in [-0.4, -0.2) is 54.2 Å². The third-order valence-electron chi connectivity index (χ3n) is 9.49. The Balaban J connectivity index is 0.000000192. The summed E-state index contributed by atoms with van der Waals surface area (Å²) in [5, 5.41) is 17.4. The highest BCUT2D eigenvalue weighted by Gasteiger charge is 2.49. The second-order valence-electron chi connectivity index (χ2n) is 13.4. The molecule has 0 aliphatic heterocycles. The first kappa shape index (κ1) is 42.8. The molecule has 0 amide bonds. The van der Waals surface area contributed by atoms with E-state index in [1.54, 1.807) is 26.0 Å². The second kappa shape index (κ2) is 18.1. The van der Waals surface area contributed by atoms with Crippen LogP contribution in [0.15, 0.2) is 72.8 Å². The molecule has 0 unspecified atom stereocenters. The molecule has 2 N–H and O–H groups in total. The fourth-order valence-corrected chi connectivity index (χ4v) is 7.14. The average Bonchev–Trinajstić information content (AvgIpc) is 3.14. The van der Waals surface area contributed by atoms with Crippen LogP contribution in [0.2, 0.25) is 0 Å². The topological polar surface area (TPSA) is 152 Å². The van der Waals surface area contributed by atoms with Gasteiger partial charge in [-0.2, -0.15) is 21.6 Å². The zero-order valence-electron chi connectivity index (χ0n) is 31.0.